The lowest BCUT2D eigenvalue weighted by molar-refractivity contribution is -0.126. The Morgan fingerprint density at radius 3 is 2.63 bits per heavy atom. The van der Waals surface area contributed by atoms with Crippen molar-refractivity contribution in [2.75, 3.05) is 5.32 Å². The van der Waals surface area contributed by atoms with E-state index in [0.717, 1.165) is 28.1 Å². The van der Waals surface area contributed by atoms with Crippen LogP contribution in [0.5, 0.6) is 5.75 Å². The van der Waals surface area contributed by atoms with Crippen molar-refractivity contribution in [2.45, 2.75) is 33.5 Å². The van der Waals surface area contributed by atoms with Crippen molar-refractivity contribution in [3.05, 3.63) is 89.7 Å². The highest BCUT2D eigenvalue weighted by molar-refractivity contribution is 5.98. The molecule has 3 rings (SSSR count). The van der Waals surface area contributed by atoms with Crippen molar-refractivity contribution >= 4 is 17.3 Å². The topological polar surface area (TPSA) is 72.8 Å². The van der Waals surface area contributed by atoms with Gasteiger partial charge in [0.05, 0.1) is 5.71 Å². The molecule has 0 saturated heterocycles. The van der Waals surface area contributed by atoms with Crippen molar-refractivity contribution in [3.63, 3.8) is 0 Å². The second-order valence-electron chi connectivity index (χ2n) is 6.96. The molecule has 0 aliphatic carbocycles. The summed E-state index contributed by atoms with van der Waals surface area (Å²) in [5, 5.41) is 6.93. The molecule has 0 bridgehead atoms. The fourth-order valence-electron chi connectivity index (χ4n) is 2.67. The molecule has 1 amide bonds. The van der Waals surface area contributed by atoms with E-state index in [1.54, 1.807) is 19.3 Å². The Morgan fingerprint density at radius 2 is 1.93 bits per heavy atom. The summed E-state index contributed by atoms with van der Waals surface area (Å²) in [5.74, 6) is 0.499. The maximum Gasteiger partial charge on any atom is 0.267 e. The number of aryl methyl sites for hydroxylation is 1. The molecule has 1 heterocycles. The van der Waals surface area contributed by atoms with Gasteiger partial charge < -0.3 is 14.9 Å². The third-order valence-electron chi connectivity index (χ3n) is 4.40. The van der Waals surface area contributed by atoms with Crippen LogP contribution in [0.25, 0.3) is 0 Å². The molecule has 2 aromatic carbocycles. The molecule has 0 aliphatic heterocycles. The number of nitrogens with one attached hydrogen (secondary N) is 1. The Bertz CT molecular complexity index is 1000. The van der Waals surface area contributed by atoms with E-state index in [1.807, 2.05) is 74.5 Å². The predicted octanol–water partition coefficient (Wildman–Crippen LogP) is 4.74. The minimum Gasteiger partial charge on any atom is -0.489 e. The first-order valence-electron chi connectivity index (χ1n) is 9.71. The van der Waals surface area contributed by atoms with E-state index >= 15 is 0 Å². The van der Waals surface area contributed by atoms with Crippen LogP contribution >= 0.6 is 0 Å². The molecule has 6 heteroatoms. The number of anilines is 1. The van der Waals surface area contributed by atoms with Gasteiger partial charge in [0.25, 0.3) is 5.91 Å². The van der Waals surface area contributed by atoms with Crippen LogP contribution in [0.3, 0.4) is 0 Å². The molecule has 6 nitrogen and oxygen atoms in total. The van der Waals surface area contributed by atoms with Crippen LogP contribution < -0.4 is 10.1 Å². The molecule has 0 radical (unpaired) electrons. The van der Waals surface area contributed by atoms with Crippen molar-refractivity contribution < 1.29 is 14.4 Å². The summed E-state index contributed by atoms with van der Waals surface area (Å²) >= 11 is 0. The number of carbonyl (C=O) groups is 1. The number of rotatable bonds is 8. The van der Waals surface area contributed by atoms with E-state index in [4.69, 9.17) is 9.57 Å². The van der Waals surface area contributed by atoms with Gasteiger partial charge in [-0.05, 0) is 74.4 Å². The first-order valence-corrected chi connectivity index (χ1v) is 9.71. The number of hydrogen-bond donors (Lipinski definition) is 1. The molecular weight excluding hydrogens is 378 g/mol. The Labute approximate surface area is 176 Å². The van der Waals surface area contributed by atoms with E-state index in [2.05, 4.69) is 15.5 Å². The standard InChI is InChI=1S/C24H25N3O3/c1-17-6-4-8-22(14-17)26-24(28)19(3)30-27-18(2)21-9-11-23(12-10-21)29-16-20-7-5-13-25-15-20/h4-15,19H,16H2,1-3H3,(H,26,28)/b27-18+. The Hall–Kier alpha value is -3.67. The summed E-state index contributed by atoms with van der Waals surface area (Å²) in [6.45, 7) is 5.92. The first kappa shape index (κ1) is 21.0. The highest BCUT2D eigenvalue weighted by Crippen LogP contribution is 2.15. The molecule has 0 aliphatic rings. The van der Waals surface area contributed by atoms with Crippen LogP contribution in [0.15, 0.2) is 78.2 Å². The largest absolute Gasteiger partial charge is 0.489 e. The summed E-state index contributed by atoms with van der Waals surface area (Å²) in [7, 11) is 0. The molecule has 1 atom stereocenters. The maximum atomic E-state index is 12.3. The van der Waals surface area contributed by atoms with Gasteiger partial charge in [0.15, 0.2) is 0 Å². The van der Waals surface area contributed by atoms with Crippen LogP contribution in [0.4, 0.5) is 5.69 Å². The summed E-state index contributed by atoms with van der Waals surface area (Å²) in [6, 6.07) is 19.0. The molecule has 1 unspecified atom stereocenters. The zero-order valence-corrected chi connectivity index (χ0v) is 17.3. The number of oxime groups is 1. The first-order chi connectivity index (χ1) is 14.5. The number of amides is 1. The summed E-state index contributed by atoms with van der Waals surface area (Å²) in [6.07, 6.45) is 2.79. The SMILES string of the molecule is C/C(=N\OC(C)C(=O)Nc1cccc(C)c1)c1ccc(OCc2cccnc2)cc1. The number of ether oxygens (including phenoxy) is 1. The Morgan fingerprint density at radius 1 is 1.13 bits per heavy atom. The molecule has 0 saturated carbocycles. The van der Waals surface area contributed by atoms with Gasteiger partial charge in [-0.2, -0.15) is 0 Å². The summed E-state index contributed by atoms with van der Waals surface area (Å²) in [5.41, 5.74) is 4.37. The number of hydrogen-bond acceptors (Lipinski definition) is 5. The number of nitrogens with zero attached hydrogens (tertiary/aromatic N) is 2. The van der Waals surface area contributed by atoms with Gasteiger partial charge in [-0.1, -0.05) is 23.4 Å². The van der Waals surface area contributed by atoms with E-state index in [-0.39, 0.29) is 5.91 Å². The molecule has 154 valence electrons. The molecule has 1 aromatic heterocycles. The van der Waals surface area contributed by atoms with Crippen LogP contribution in [0.1, 0.15) is 30.5 Å². The molecule has 3 aromatic rings. The lowest BCUT2D eigenvalue weighted by Crippen LogP contribution is -2.26. The van der Waals surface area contributed by atoms with E-state index in [9.17, 15) is 4.79 Å². The monoisotopic (exact) mass is 403 g/mol. The number of carbonyl (C=O) groups excluding carboxylic acids is 1. The molecule has 0 spiro atoms. The van der Waals surface area contributed by atoms with Crippen molar-refractivity contribution in [2.24, 2.45) is 5.16 Å². The predicted molar refractivity (Wildman–Crippen MR) is 118 cm³/mol. The molecule has 1 N–H and O–H groups in total. The normalized spacial score (nSPS) is 12.2. The Balaban J connectivity index is 1.52. The average Bonchev–Trinajstić information content (AvgIpc) is 2.77. The van der Waals surface area contributed by atoms with Crippen LogP contribution in [0, 0.1) is 6.92 Å². The zero-order chi connectivity index (χ0) is 21.3. The molecule has 30 heavy (non-hydrogen) atoms. The second-order valence-corrected chi connectivity index (χ2v) is 6.96. The van der Waals surface area contributed by atoms with Crippen molar-refractivity contribution in [1.29, 1.82) is 0 Å². The summed E-state index contributed by atoms with van der Waals surface area (Å²) < 4.78 is 5.76. The fourth-order valence-corrected chi connectivity index (χ4v) is 2.67. The number of aromatic nitrogens is 1. The van der Waals surface area contributed by atoms with Gasteiger partial charge in [-0.3, -0.25) is 9.78 Å². The van der Waals surface area contributed by atoms with Gasteiger partial charge in [-0.25, -0.2) is 0 Å². The van der Waals surface area contributed by atoms with Crippen LogP contribution in [-0.4, -0.2) is 22.7 Å². The number of benzene rings is 2. The quantitative estimate of drug-likeness (QED) is 0.436. The number of pyridine rings is 1. The van der Waals surface area contributed by atoms with E-state index in [0.29, 0.717) is 12.3 Å². The Kier molecular flexibility index (Phi) is 7.16. The van der Waals surface area contributed by atoms with Crippen molar-refractivity contribution in [1.82, 2.24) is 4.98 Å². The molecular formula is C24H25N3O3. The van der Waals surface area contributed by atoms with E-state index in [1.165, 1.54) is 0 Å². The lowest BCUT2D eigenvalue weighted by atomic mass is 10.1. The highest BCUT2D eigenvalue weighted by Gasteiger charge is 2.14. The third-order valence-corrected chi connectivity index (χ3v) is 4.40. The van der Waals surface area contributed by atoms with Gasteiger partial charge in [0, 0.05) is 23.6 Å². The summed E-state index contributed by atoms with van der Waals surface area (Å²) in [4.78, 5) is 21.7. The fraction of sp³-hybridized carbons (Fsp3) is 0.208. The minimum absolute atomic E-state index is 0.253. The van der Waals surface area contributed by atoms with Crippen LogP contribution in [0.2, 0.25) is 0 Å². The van der Waals surface area contributed by atoms with Gasteiger partial charge in [0.1, 0.15) is 12.4 Å². The third kappa shape index (κ3) is 6.17. The maximum absolute atomic E-state index is 12.3. The van der Waals surface area contributed by atoms with Gasteiger partial charge >= 0.3 is 0 Å². The minimum atomic E-state index is -0.720. The smallest absolute Gasteiger partial charge is 0.267 e. The van der Waals surface area contributed by atoms with E-state index < -0.39 is 6.10 Å². The van der Waals surface area contributed by atoms with Crippen LogP contribution in [-0.2, 0) is 16.2 Å². The van der Waals surface area contributed by atoms with Gasteiger partial charge in [-0.15, -0.1) is 0 Å². The van der Waals surface area contributed by atoms with Crippen molar-refractivity contribution in [3.8, 4) is 5.75 Å². The average molecular weight is 403 g/mol. The lowest BCUT2D eigenvalue weighted by Gasteiger charge is -2.12. The zero-order valence-electron chi connectivity index (χ0n) is 17.3. The van der Waals surface area contributed by atoms with Gasteiger partial charge in [0.2, 0.25) is 6.10 Å². The molecule has 0 fully saturated rings. The highest BCUT2D eigenvalue weighted by atomic mass is 16.6. The second kappa shape index (κ2) is 10.2.